The highest BCUT2D eigenvalue weighted by Crippen LogP contribution is 2.40. The van der Waals surface area contributed by atoms with Gasteiger partial charge in [-0.25, -0.2) is 0 Å². The fourth-order valence-electron chi connectivity index (χ4n) is 3.81. The lowest BCUT2D eigenvalue weighted by Crippen LogP contribution is -2.36. The van der Waals surface area contributed by atoms with Crippen LogP contribution in [-0.4, -0.2) is 60.9 Å². The zero-order valence-corrected chi connectivity index (χ0v) is 17.7. The van der Waals surface area contributed by atoms with Gasteiger partial charge in [0.25, 0.3) is 5.91 Å². The van der Waals surface area contributed by atoms with Crippen LogP contribution in [-0.2, 0) is 4.79 Å². The van der Waals surface area contributed by atoms with E-state index in [0.29, 0.717) is 30.0 Å². The van der Waals surface area contributed by atoms with Crippen LogP contribution < -0.4 is 4.74 Å². The lowest BCUT2D eigenvalue weighted by Gasteiger charge is -2.28. The number of aliphatic hydroxyl groups excluding tert-OH is 1. The molecule has 1 N–H and O–H groups in total. The van der Waals surface area contributed by atoms with Gasteiger partial charge in [0.2, 0.25) is 5.78 Å². The molecule has 1 aliphatic heterocycles. The number of benzene rings is 2. The van der Waals surface area contributed by atoms with E-state index in [1.807, 2.05) is 43.3 Å². The molecule has 0 fully saturated rings. The SMILES string of the molecule is COc1cccc([C@@H]2C(C(=O)c3cc4ccccc4o3)=C(O)C(=O)N2CCN(C)C)c1. The second-order valence-electron chi connectivity index (χ2n) is 7.72. The molecule has 3 aromatic rings. The smallest absolute Gasteiger partial charge is 0.290 e. The molecule has 0 spiro atoms. The Balaban J connectivity index is 1.80. The van der Waals surface area contributed by atoms with Gasteiger partial charge in [-0.1, -0.05) is 30.3 Å². The summed E-state index contributed by atoms with van der Waals surface area (Å²) in [5, 5.41) is 11.5. The largest absolute Gasteiger partial charge is 0.503 e. The number of furan rings is 1. The minimum Gasteiger partial charge on any atom is -0.503 e. The van der Waals surface area contributed by atoms with Crippen LogP contribution in [0.25, 0.3) is 11.0 Å². The summed E-state index contributed by atoms with van der Waals surface area (Å²) in [4.78, 5) is 29.9. The maximum absolute atomic E-state index is 13.5. The van der Waals surface area contributed by atoms with Crippen molar-refractivity contribution in [2.45, 2.75) is 6.04 Å². The van der Waals surface area contributed by atoms with Crippen LogP contribution in [0.3, 0.4) is 0 Å². The highest BCUT2D eigenvalue weighted by molar-refractivity contribution is 6.16. The zero-order valence-electron chi connectivity index (χ0n) is 17.7. The van der Waals surface area contributed by atoms with Crippen molar-refractivity contribution in [2.24, 2.45) is 0 Å². The van der Waals surface area contributed by atoms with Gasteiger partial charge in [0.15, 0.2) is 11.5 Å². The van der Waals surface area contributed by atoms with Crippen LogP contribution in [0.2, 0.25) is 0 Å². The Labute approximate surface area is 180 Å². The number of rotatable bonds is 7. The van der Waals surface area contributed by atoms with E-state index in [-0.39, 0.29) is 11.3 Å². The van der Waals surface area contributed by atoms with E-state index in [0.717, 1.165) is 5.39 Å². The molecule has 2 aromatic carbocycles. The molecule has 1 amide bonds. The van der Waals surface area contributed by atoms with Gasteiger partial charge >= 0.3 is 0 Å². The highest BCUT2D eigenvalue weighted by atomic mass is 16.5. The summed E-state index contributed by atoms with van der Waals surface area (Å²) in [6, 6.07) is 15.3. The summed E-state index contributed by atoms with van der Waals surface area (Å²) in [5.74, 6) is -0.953. The summed E-state index contributed by atoms with van der Waals surface area (Å²) < 4.78 is 11.1. The van der Waals surface area contributed by atoms with Gasteiger partial charge in [0, 0.05) is 18.5 Å². The average Bonchev–Trinajstić information content (AvgIpc) is 3.31. The number of hydrogen-bond donors (Lipinski definition) is 1. The molecule has 0 aliphatic carbocycles. The first-order valence-corrected chi connectivity index (χ1v) is 9.96. The zero-order chi connectivity index (χ0) is 22.1. The molecule has 0 saturated heterocycles. The lowest BCUT2D eigenvalue weighted by atomic mass is 9.95. The monoisotopic (exact) mass is 420 g/mol. The molecule has 31 heavy (non-hydrogen) atoms. The van der Waals surface area contributed by atoms with Crippen LogP contribution in [0.15, 0.2) is 70.3 Å². The fraction of sp³-hybridized carbons (Fsp3) is 0.250. The summed E-state index contributed by atoms with van der Waals surface area (Å²) in [5.41, 5.74) is 1.25. The molecular formula is C24H24N2O5. The molecule has 0 radical (unpaired) electrons. The third-order valence-corrected chi connectivity index (χ3v) is 5.40. The number of fused-ring (bicyclic) bond motifs is 1. The molecule has 0 unspecified atom stereocenters. The summed E-state index contributed by atoms with van der Waals surface area (Å²) in [6.45, 7) is 0.917. The van der Waals surface area contributed by atoms with E-state index in [4.69, 9.17) is 9.15 Å². The van der Waals surface area contributed by atoms with E-state index in [1.54, 1.807) is 37.4 Å². The molecule has 0 bridgehead atoms. The first kappa shape index (κ1) is 20.7. The first-order valence-electron chi connectivity index (χ1n) is 9.96. The standard InChI is InChI=1S/C24H24N2O5/c1-25(2)11-12-26-21(16-8-6-9-17(13-16)30-3)20(23(28)24(26)29)22(27)19-14-15-7-4-5-10-18(15)31-19/h4-10,13-14,21,28H,11-12H2,1-3H3/t21-/m1/s1. The average molecular weight is 420 g/mol. The second kappa shape index (κ2) is 8.28. The van der Waals surface area contributed by atoms with Gasteiger partial charge in [0.05, 0.1) is 18.7 Å². The van der Waals surface area contributed by atoms with E-state index < -0.39 is 23.5 Å². The maximum atomic E-state index is 13.5. The highest BCUT2D eigenvalue weighted by Gasteiger charge is 2.44. The number of ketones is 1. The van der Waals surface area contributed by atoms with E-state index >= 15 is 0 Å². The van der Waals surface area contributed by atoms with Crippen LogP contribution in [0.5, 0.6) is 5.75 Å². The second-order valence-corrected chi connectivity index (χ2v) is 7.72. The fourth-order valence-corrected chi connectivity index (χ4v) is 3.81. The van der Waals surface area contributed by atoms with Crippen molar-refractivity contribution in [1.29, 1.82) is 0 Å². The van der Waals surface area contributed by atoms with Crippen molar-refractivity contribution in [1.82, 2.24) is 9.80 Å². The Morgan fingerprint density at radius 3 is 2.65 bits per heavy atom. The van der Waals surface area contributed by atoms with Crippen molar-refractivity contribution in [2.75, 3.05) is 34.3 Å². The van der Waals surface area contributed by atoms with Crippen LogP contribution in [0.4, 0.5) is 0 Å². The minimum atomic E-state index is -0.747. The topological polar surface area (TPSA) is 83.2 Å². The van der Waals surface area contributed by atoms with Gasteiger partial charge in [0.1, 0.15) is 11.3 Å². The Hall–Kier alpha value is -3.58. The van der Waals surface area contributed by atoms with Crippen molar-refractivity contribution in [3.63, 3.8) is 0 Å². The predicted molar refractivity (Wildman–Crippen MR) is 116 cm³/mol. The van der Waals surface area contributed by atoms with Crippen molar-refractivity contribution in [3.8, 4) is 5.75 Å². The number of ether oxygens (including phenoxy) is 1. The maximum Gasteiger partial charge on any atom is 0.290 e. The quantitative estimate of drug-likeness (QED) is 0.589. The van der Waals surface area contributed by atoms with Gasteiger partial charge in [-0.2, -0.15) is 0 Å². The number of hydrogen-bond acceptors (Lipinski definition) is 6. The normalized spacial score (nSPS) is 16.6. The summed E-state index contributed by atoms with van der Waals surface area (Å²) in [7, 11) is 5.35. The van der Waals surface area contributed by atoms with E-state index in [1.165, 1.54) is 4.90 Å². The third-order valence-electron chi connectivity index (χ3n) is 5.40. The molecule has 1 aromatic heterocycles. The van der Waals surface area contributed by atoms with Gasteiger partial charge in [-0.15, -0.1) is 0 Å². The van der Waals surface area contributed by atoms with Crippen LogP contribution in [0.1, 0.15) is 22.2 Å². The number of Topliss-reactive ketones (excluding diaryl/α,β-unsaturated/α-hetero) is 1. The number of likely N-dealkylation sites (N-methyl/N-ethyl adjacent to an activating group) is 1. The molecule has 7 nitrogen and oxygen atoms in total. The molecule has 0 saturated carbocycles. The Kier molecular flexibility index (Phi) is 5.52. The van der Waals surface area contributed by atoms with Crippen molar-refractivity contribution < 1.29 is 23.8 Å². The van der Waals surface area contributed by atoms with Gasteiger partial charge in [-0.05, 0) is 43.9 Å². The number of amides is 1. The van der Waals surface area contributed by atoms with Crippen molar-refractivity contribution >= 4 is 22.7 Å². The molecule has 1 atom stereocenters. The molecule has 1 aliphatic rings. The van der Waals surface area contributed by atoms with Crippen LogP contribution in [0, 0.1) is 0 Å². The van der Waals surface area contributed by atoms with Crippen LogP contribution >= 0.6 is 0 Å². The first-order chi connectivity index (χ1) is 14.9. The number of carbonyl (C=O) groups is 2. The number of aliphatic hydroxyl groups is 1. The van der Waals surface area contributed by atoms with Gasteiger partial charge < -0.3 is 24.1 Å². The minimum absolute atomic E-state index is 0.0102. The van der Waals surface area contributed by atoms with Crippen molar-refractivity contribution in [3.05, 3.63) is 77.3 Å². The van der Waals surface area contributed by atoms with E-state index in [9.17, 15) is 14.7 Å². The Morgan fingerprint density at radius 1 is 1.16 bits per heavy atom. The number of nitrogens with zero attached hydrogens (tertiary/aromatic N) is 2. The molecule has 2 heterocycles. The van der Waals surface area contributed by atoms with Gasteiger partial charge in [-0.3, -0.25) is 9.59 Å². The summed E-state index contributed by atoms with van der Waals surface area (Å²) in [6.07, 6.45) is 0. The Bertz CT molecular complexity index is 1140. The third kappa shape index (κ3) is 3.80. The Morgan fingerprint density at radius 2 is 1.94 bits per heavy atom. The molecular weight excluding hydrogens is 396 g/mol. The summed E-state index contributed by atoms with van der Waals surface area (Å²) >= 11 is 0. The molecule has 4 rings (SSSR count). The molecule has 160 valence electrons. The number of carbonyl (C=O) groups excluding carboxylic acids is 2. The number of para-hydroxylation sites is 1. The van der Waals surface area contributed by atoms with E-state index in [2.05, 4.69) is 0 Å². The number of methoxy groups -OCH3 is 1. The predicted octanol–water partition coefficient (Wildman–Crippen LogP) is 3.58. The molecule has 7 heteroatoms. The lowest BCUT2D eigenvalue weighted by molar-refractivity contribution is -0.129.